The van der Waals surface area contributed by atoms with Gasteiger partial charge in [-0.25, -0.2) is 0 Å². The Bertz CT molecular complexity index is 1120. The van der Waals surface area contributed by atoms with Gasteiger partial charge in [0.15, 0.2) is 5.84 Å². The largest absolute Gasteiger partial charge is 0.394 e. The van der Waals surface area contributed by atoms with E-state index in [1.54, 1.807) is 0 Å². The molecule has 1 heterocycles. The van der Waals surface area contributed by atoms with Crippen LogP contribution in [0.4, 0.5) is 0 Å². The number of aromatic amines is 1. The number of benzene rings is 2. The van der Waals surface area contributed by atoms with Crippen molar-refractivity contribution < 1.29 is 14.4 Å². The Kier molecular flexibility index (Phi) is 8.46. The Labute approximate surface area is 193 Å². The fraction of sp³-hybridized carbons (Fsp3) is 0.320. The van der Waals surface area contributed by atoms with Crippen molar-refractivity contribution in [2.45, 2.75) is 26.7 Å². The van der Waals surface area contributed by atoms with Crippen LogP contribution >= 0.6 is 0 Å². The molecule has 0 fully saturated rings. The van der Waals surface area contributed by atoms with Crippen molar-refractivity contribution >= 4 is 28.6 Å². The monoisotopic (exact) mass is 449 g/mol. The van der Waals surface area contributed by atoms with Crippen LogP contribution < -0.4 is 16.4 Å². The van der Waals surface area contributed by atoms with E-state index in [0.717, 1.165) is 27.6 Å². The van der Waals surface area contributed by atoms with Crippen LogP contribution in [0, 0.1) is 5.92 Å². The van der Waals surface area contributed by atoms with Gasteiger partial charge in [0.05, 0.1) is 6.54 Å². The number of amidine groups is 1. The second-order valence-corrected chi connectivity index (χ2v) is 7.88. The van der Waals surface area contributed by atoms with Crippen LogP contribution in [0.2, 0.25) is 0 Å². The van der Waals surface area contributed by atoms with Crippen molar-refractivity contribution in [1.29, 1.82) is 0 Å². The van der Waals surface area contributed by atoms with E-state index in [2.05, 4.69) is 26.8 Å². The SMILES string of the molecule is CCON=C(N)c1cccc(CC(C)C(=O)NCC(=O)NCCc2c[nH]c3ccccc23)c1. The van der Waals surface area contributed by atoms with Gasteiger partial charge in [0.25, 0.3) is 0 Å². The number of nitrogens with one attached hydrogen (secondary N) is 3. The highest BCUT2D eigenvalue weighted by Gasteiger charge is 2.15. The third kappa shape index (κ3) is 6.83. The molecule has 0 saturated heterocycles. The predicted octanol–water partition coefficient (Wildman–Crippen LogP) is 2.48. The average Bonchev–Trinajstić information content (AvgIpc) is 3.24. The molecule has 1 aromatic heterocycles. The predicted molar refractivity (Wildman–Crippen MR) is 130 cm³/mol. The molecule has 3 aromatic rings. The number of carbonyl (C=O) groups is 2. The number of nitrogens with zero attached hydrogens (tertiary/aromatic N) is 1. The molecule has 0 saturated carbocycles. The van der Waals surface area contributed by atoms with E-state index in [-0.39, 0.29) is 24.3 Å². The van der Waals surface area contributed by atoms with Gasteiger partial charge in [-0.15, -0.1) is 0 Å². The first-order chi connectivity index (χ1) is 16.0. The fourth-order valence-electron chi connectivity index (χ4n) is 3.57. The zero-order valence-corrected chi connectivity index (χ0v) is 19.1. The van der Waals surface area contributed by atoms with Gasteiger partial charge in [0, 0.05) is 35.1 Å². The van der Waals surface area contributed by atoms with Crippen LogP contribution in [0.15, 0.2) is 59.9 Å². The smallest absolute Gasteiger partial charge is 0.239 e. The summed E-state index contributed by atoms with van der Waals surface area (Å²) in [5.41, 5.74) is 9.84. The number of para-hydroxylation sites is 1. The molecular weight excluding hydrogens is 418 g/mol. The van der Waals surface area contributed by atoms with Crippen LogP contribution in [0.3, 0.4) is 0 Å². The lowest BCUT2D eigenvalue weighted by Gasteiger charge is -2.13. The number of hydrogen-bond acceptors (Lipinski definition) is 4. The number of rotatable bonds is 11. The highest BCUT2D eigenvalue weighted by molar-refractivity contribution is 5.97. The summed E-state index contributed by atoms with van der Waals surface area (Å²) in [5.74, 6) is -0.398. The minimum atomic E-state index is -0.302. The van der Waals surface area contributed by atoms with Gasteiger partial charge in [-0.05, 0) is 43.0 Å². The fourth-order valence-corrected chi connectivity index (χ4v) is 3.57. The van der Waals surface area contributed by atoms with Gasteiger partial charge in [-0.3, -0.25) is 9.59 Å². The molecule has 0 aliphatic carbocycles. The summed E-state index contributed by atoms with van der Waals surface area (Å²) in [6.07, 6.45) is 3.20. The lowest BCUT2D eigenvalue weighted by atomic mass is 9.98. The number of nitrogens with two attached hydrogens (primary N) is 1. The molecule has 0 bridgehead atoms. The van der Waals surface area contributed by atoms with Crippen LogP contribution in [0.5, 0.6) is 0 Å². The van der Waals surface area contributed by atoms with Crippen LogP contribution in [0.1, 0.15) is 30.5 Å². The molecule has 0 radical (unpaired) electrons. The second kappa shape index (κ2) is 11.7. The second-order valence-electron chi connectivity index (χ2n) is 7.88. The summed E-state index contributed by atoms with van der Waals surface area (Å²) in [7, 11) is 0. The van der Waals surface area contributed by atoms with Crippen molar-refractivity contribution in [2.24, 2.45) is 16.8 Å². The molecule has 5 N–H and O–H groups in total. The standard InChI is InChI=1S/C25H31N5O3/c1-3-33-30-24(26)19-8-6-7-18(14-19)13-17(2)25(32)29-16-23(31)27-12-11-20-15-28-22-10-5-4-9-21(20)22/h4-10,14-15,17,28H,3,11-13,16H2,1-2H3,(H2,26,30)(H,27,31)(H,29,32). The minimum absolute atomic E-state index is 0.0505. The van der Waals surface area contributed by atoms with Crippen LogP contribution in [0.25, 0.3) is 10.9 Å². The van der Waals surface area contributed by atoms with Gasteiger partial charge in [-0.1, -0.05) is 48.5 Å². The van der Waals surface area contributed by atoms with Gasteiger partial charge in [0.1, 0.15) is 6.61 Å². The topological polar surface area (TPSA) is 122 Å². The summed E-state index contributed by atoms with van der Waals surface area (Å²) < 4.78 is 0. The summed E-state index contributed by atoms with van der Waals surface area (Å²) in [4.78, 5) is 32.8. The molecule has 174 valence electrons. The Balaban J connectivity index is 1.42. The quantitative estimate of drug-likeness (QED) is 0.204. The van der Waals surface area contributed by atoms with E-state index >= 15 is 0 Å². The van der Waals surface area contributed by atoms with Crippen molar-refractivity contribution in [2.75, 3.05) is 19.7 Å². The van der Waals surface area contributed by atoms with Crippen molar-refractivity contribution in [3.8, 4) is 0 Å². The lowest BCUT2D eigenvalue weighted by Crippen LogP contribution is -2.40. The molecule has 1 atom stereocenters. The average molecular weight is 450 g/mol. The third-order valence-electron chi connectivity index (χ3n) is 5.32. The summed E-state index contributed by atoms with van der Waals surface area (Å²) >= 11 is 0. The van der Waals surface area contributed by atoms with E-state index < -0.39 is 0 Å². The van der Waals surface area contributed by atoms with Crippen molar-refractivity contribution in [3.63, 3.8) is 0 Å². The van der Waals surface area contributed by atoms with E-state index in [9.17, 15) is 9.59 Å². The Hall–Kier alpha value is -3.81. The van der Waals surface area contributed by atoms with Crippen LogP contribution in [-0.2, 0) is 27.3 Å². The molecule has 33 heavy (non-hydrogen) atoms. The number of oxime groups is 1. The maximum atomic E-state index is 12.5. The number of carbonyl (C=O) groups excluding carboxylic acids is 2. The van der Waals surface area contributed by atoms with Gasteiger partial charge in [-0.2, -0.15) is 0 Å². The van der Waals surface area contributed by atoms with Crippen molar-refractivity contribution in [1.82, 2.24) is 15.6 Å². The van der Waals surface area contributed by atoms with E-state index in [4.69, 9.17) is 10.6 Å². The Morgan fingerprint density at radius 1 is 1.15 bits per heavy atom. The molecule has 0 aliphatic rings. The minimum Gasteiger partial charge on any atom is -0.394 e. The normalized spacial score (nSPS) is 12.4. The number of amides is 2. The van der Waals surface area contributed by atoms with Crippen molar-refractivity contribution in [3.05, 3.63) is 71.4 Å². The maximum Gasteiger partial charge on any atom is 0.239 e. The molecule has 3 rings (SSSR count). The van der Waals surface area contributed by atoms with E-state index in [1.807, 2.05) is 62.5 Å². The first-order valence-electron chi connectivity index (χ1n) is 11.1. The molecule has 1 unspecified atom stereocenters. The van der Waals surface area contributed by atoms with Gasteiger partial charge in [0.2, 0.25) is 11.8 Å². The molecular formula is C25H31N5O3. The summed E-state index contributed by atoms with van der Waals surface area (Å²) in [6.45, 7) is 4.55. The molecule has 8 heteroatoms. The first-order valence-corrected chi connectivity index (χ1v) is 11.1. The van der Waals surface area contributed by atoms with E-state index in [0.29, 0.717) is 31.8 Å². The maximum absolute atomic E-state index is 12.5. The molecule has 8 nitrogen and oxygen atoms in total. The summed E-state index contributed by atoms with van der Waals surface area (Å²) in [6, 6.07) is 15.6. The molecule has 0 spiro atoms. The number of H-pyrrole nitrogens is 1. The Morgan fingerprint density at radius 3 is 2.79 bits per heavy atom. The van der Waals surface area contributed by atoms with Crippen LogP contribution in [-0.4, -0.2) is 42.3 Å². The number of aromatic nitrogens is 1. The zero-order valence-electron chi connectivity index (χ0n) is 19.1. The van der Waals surface area contributed by atoms with E-state index in [1.165, 1.54) is 0 Å². The Morgan fingerprint density at radius 2 is 1.97 bits per heavy atom. The van der Waals surface area contributed by atoms with Gasteiger partial charge >= 0.3 is 0 Å². The highest BCUT2D eigenvalue weighted by atomic mass is 16.6. The number of fused-ring (bicyclic) bond motifs is 1. The molecule has 2 aromatic carbocycles. The molecule has 2 amide bonds. The molecule has 0 aliphatic heterocycles. The third-order valence-corrected chi connectivity index (χ3v) is 5.32. The number of hydrogen-bond donors (Lipinski definition) is 4. The summed E-state index contributed by atoms with van der Waals surface area (Å²) in [5, 5.41) is 10.6. The highest BCUT2D eigenvalue weighted by Crippen LogP contribution is 2.17. The lowest BCUT2D eigenvalue weighted by molar-refractivity contribution is -0.128. The van der Waals surface area contributed by atoms with Gasteiger partial charge < -0.3 is 26.2 Å². The first kappa shape index (κ1) is 23.8. The zero-order chi connectivity index (χ0) is 23.6.